The fourth-order valence-electron chi connectivity index (χ4n) is 3.99. The van der Waals surface area contributed by atoms with E-state index < -0.39 is 34.9 Å². The topological polar surface area (TPSA) is 119 Å². The molecule has 0 saturated carbocycles. The summed E-state index contributed by atoms with van der Waals surface area (Å²) in [5, 5.41) is 21.6. The number of aromatic amines is 1. The minimum absolute atomic E-state index is 0.136. The van der Waals surface area contributed by atoms with E-state index in [4.69, 9.17) is 5.11 Å². The van der Waals surface area contributed by atoms with Crippen LogP contribution in [0.2, 0.25) is 0 Å². The summed E-state index contributed by atoms with van der Waals surface area (Å²) in [6.07, 6.45) is 6.00. The number of carbonyl (C=O) groups is 1. The summed E-state index contributed by atoms with van der Waals surface area (Å²) in [6, 6.07) is 7.61. The zero-order valence-corrected chi connectivity index (χ0v) is 21.5. The van der Waals surface area contributed by atoms with Gasteiger partial charge in [-0.1, -0.05) is 25.1 Å². The third kappa shape index (κ3) is 6.98. The highest BCUT2D eigenvalue weighted by molar-refractivity contribution is 5.93. The predicted octanol–water partition coefficient (Wildman–Crippen LogP) is 4.55. The number of aromatic nitrogens is 4. The Balaban J connectivity index is 1.39. The second-order valence-corrected chi connectivity index (χ2v) is 8.82. The maximum atomic E-state index is 13.8. The van der Waals surface area contributed by atoms with Crippen LogP contribution in [0, 0.1) is 23.3 Å². The van der Waals surface area contributed by atoms with Gasteiger partial charge in [-0.15, -0.1) is 0 Å². The van der Waals surface area contributed by atoms with Crippen LogP contribution < -0.4 is 10.6 Å². The molecule has 0 aliphatic heterocycles. The number of likely N-dealkylation sites (N-methyl/N-ethyl adjacent to an activating group) is 1. The average Bonchev–Trinajstić information content (AvgIpc) is 3.38. The lowest BCUT2D eigenvalue weighted by Gasteiger charge is -2.17. The predicted molar refractivity (Wildman–Crippen MR) is 143 cm³/mol. The lowest BCUT2D eigenvalue weighted by atomic mass is 10.1. The smallest absolute Gasteiger partial charge is 0.230 e. The van der Waals surface area contributed by atoms with Crippen LogP contribution in [0.3, 0.4) is 0 Å². The molecule has 4 rings (SSSR count). The largest absolute Gasteiger partial charge is 0.395 e. The molecule has 2 aromatic carbocycles. The Bertz CT molecular complexity index is 1530. The van der Waals surface area contributed by atoms with Crippen LogP contribution in [0.15, 0.2) is 42.7 Å². The summed E-state index contributed by atoms with van der Waals surface area (Å²) in [5.74, 6) is -7.29. The molecule has 0 aliphatic carbocycles. The number of aliphatic hydroxyl groups is 1. The molecule has 13 heteroatoms. The van der Waals surface area contributed by atoms with Crippen LogP contribution in [0.25, 0.3) is 17.0 Å². The van der Waals surface area contributed by atoms with Crippen LogP contribution in [-0.2, 0) is 11.2 Å². The molecule has 0 radical (unpaired) electrons. The molecule has 2 heterocycles. The van der Waals surface area contributed by atoms with E-state index in [1.54, 1.807) is 0 Å². The first-order valence-corrected chi connectivity index (χ1v) is 12.5. The minimum atomic E-state index is -2.01. The summed E-state index contributed by atoms with van der Waals surface area (Å²) in [4.78, 5) is 23.0. The Morgan fingerprint density at radius 2 is 1.90 bits per heavy atom. The van der Waals surface area contributed by atoms with Crippen LogP contribution in [0.5, 0.6) is 0 Å². The quantitative estimate of drug-likeness (QED) is 0.115. The van der Waals surface area contributed by atoms with Crippen molar-refractivity contribution in [2.45, 2.75) is 19.8 Å². The highest BCUT2D eigenvalue weighted by Crippen LogP contribution is 2.25. The van der Waals surface area contributed by atoms with Crippen molar-refractivity contribution in [3.63, 3.8) is 0 Å². The van der Waals surface area contributed by atoms with Crippen molar-refractivity contribution in [2.75, 3.05) is 36.9 Å². The zero-order valence-electron chi connectivity index (χ0n) is 21.5. The fraction of sp³-hybridized carbons (Fsp3) is 0.259. The van der Waals surface area contributed by atoms with E-state index in [1.807, 2.05) is 29.6 Å². The second-order valence-electron chi connectivity index (χ2n) is 8.82. The van der Waals surface area contributed by atoms with E-state index in [-0.39, 0.29) is 13.0 Å². The molecule has 40 heavy (non-hydrogen) atoms. The second kappa shape index (κ2) is 13.1. The van der Waals surface area contributed by atoms with E-state index in [9.17, 15) is 22.4 Å². The monoisotopic (exact) mass is 557 g/mol. The molecule has 210 valence electrons. The maximum Gasteiger partial charge on any atom is 0.230 e. The Morgan fingerprint density at radius 3 is 2.67 bits per heavy atom. The molecule has 2 aromatic heterocycles. The molecule has 0 atom stereocenters. The highest BCUT2D eigenvalue weighted by atomic mass is 19.2. The number of rotatable bonds is 12. The number of benzene rings is 2. The lowest BCUT2D eigenvalue weighted by Crippen LogP contribution is -2.27. The van der Waals surface area contributed by atoms with Gasteiger partial charge >= 0.3 is 0 Å². The molecule has 9 nitrogen and oxygen atoms in total. The summed E-state index contributed by atoms with van der Waals surface area (Å²) in [7, 11) is 0. The SMILES string of the molecule is CCN(CCO)CC/C=C/c1ccc2c(Nc3cc(CC(=O)Nc4cc(F)c(F)c(F)c4F)[nH]n3)ncnc2c1. The van der Waals surface area contributed by atoms with E-state index in [0.29, 0.717) is 35.5 Å². The number of carbonyl (C=O) groups excluding carboxylic acids is 1. The number of anilines is 3. The zero-order chi connectivity index (χ0) is 28.6. The summed E-state index contributed by atoms with van der Waals surface area (Å²) >= 11 is 0. The molecule has 0 unspecified atom stereocenters. The van der Waals surface area contributed by atoms with Crippen LogP contribution in [0.4, 0.5) is 34.9 Å². The molecule has 0 aliphatic rings. The number of amides is 1. The van der Waals surface area contributed by atoms with Gasteiger partial charge in [-0.2, -0.15) is 5.10 Å². The first kappa shape index (κ1) is 28.6. The van der Waals surface area contributed by atoms with Crippen molar-refractivity contribution >= 4 is 40.2 Å². The van der Waals surface area contributed by atoms with Gasteiger partial charge in [0.2, 0.25) is 5.91 Å². The van der Waals surface area contributed by atoms with Gasteiger partial charge in [0.15, 0.2) is 29.1 Å². The van der Waals surface area contributed by atoms with Gasteiger partial charge in [-0.3, -0.25) is 9.89 Å². The molecule has 0 bridgehead atoms. The Hall–Kier alpha value is -4.36. The van der Waals surface area contributed by atoms with Crippen molar-refractivity contribution in [3.8, 4) is 0 Å². The Labute approximate surface area is 227 Å². The number of hydrogen-bond acceptors (Lipinski definition) is 7. The third-order valence-corrected chi connectivity index (χ3v) is 6.05. The number of nitrogens with one attached hydrogen (secondary N) is 3. The summed E-state index contributed by atoms with van der Waals surface area (Å²) in [6.45, 7) is 4.57. The molecule has 1 amide bonds. The number of halogens is 4. The number of H-pyrrole nitrogens is 1. The van der Waals surface area contributed by atoms with Crippen molar-refractivity contribution in [1.82, 2.24) is 25.1 Å². The van der Waals surface area contributed by atoms with Gasteiger partial charge in [-0.05, 0) is 30.7 Å². The van der Waals surface area contributed by atoms with Crippen LogP contribution in [-0.4, -0.2) is 62.3 Å². The first-order valence-electron chi connectivity index (χ1n) is 12.5. The van der Waals surface area contributed by atoms with Crippen molar-refractivity contribution < 1.29 is 27.5 Å². The molecule has 0 fully saturated rings. The fourth-order valence-corrected chi connectivity index (χ4v) is 3.99. The number of fused-ring (bicyclic) bond motifs is 1. The average molecular weight is 558 g/mol. The van der Waals surface area contributed by atoms with Gasteiger partial charge in [0, 0.05) is 36.3 Å². The van der Waals surface area contributed by atoms with E-state index in [0.717, 1.165) is 30.5 Å². The summed E-state index contributed by atoms with van der Waals surface area (Å²) < 4.78 is 53.8. The Kier molecular flexibility index (Phi) is 9.40. The molecular formula is C27H27F4N7O2. The molecular weight excluding hydrogens is 530 g/mol. The normalized spacial score (nSPS) is 11.6. The number of nitrogens with zero attached hydrogens (tertiary/aromatic N) is 4. The molecule has 0 spiro atoms. The van der Waals surface area contributed by atoms with E-state index in [2.05, 4.69) is 43.4 Å². The van der Waals surface area contributed by atoms with Crippen LogP contribution in [0.1, 0.15) is 24.6 Å². The van der Waals surface area contributed by atoms with Gasteiger partial charge in [0.25, 0.3) is 0 Å². The van der Waals surface area contributed by atoms with Crippen molar-refractivity contribution in [3.05, 3.63) is 77.3 Å². The standard InChI is InChI=1S/C27H27F4N7O2/c1-2-38(9-10-39)8-4-3-5-16-6-7-18-20(11-16)32-15-33-27(18)35-22-12-17(36-37-22)13-23(40)34-21-14-19(28)24(29)26(31)25(21)30/h3,5-7,11-12,14-15,39H,2,4,8-10,13H2,1H3,(H,34,40)(H2,32,33,35,36,37)/b5-3+. The molecule has 4 N–H and O–H groups in total. The van der Waals surface area contributed by atoms with Crippen LogP contribution >= 0.6 is 0 Å². The lowest BCUT2D eigenvalue weighted by molar-refractivity contribution is -0.115. The van der Waals surface area contributed by atoms with Gasteiger partial charge < -0.3 is 20.6 Å². The third-order valence-electron chi connectivity index (χ3n) is 6.05. The minimum Gasteiger partial charge on any atom is -0.395 e. The summed E-state index contributed by atoms with van der Waals surface area (Å²) in [5.41, 5.74) is 1.17. The van der Waals surface area contributed by atoms with Crippen molar-refractivity contribution in [2.24, 2.45) is 0 Å². The van der Waals surface area contributed by atoms with Gasteiger partial charge in [-0.25, -0.2) is 27.5 Å². The van der Waals surface area contributed by atoms with Gasteiger partial charge in [0.05, 0.1) is 24.2 Å². The van der Waals surface area contributed by atoms with Gasteiger partial charge in [0.1, 0.15) is 12.1 Å². The number of hydrogen-bond donors (Lipinski definition) is 4. The van der Waals surface area contributed by atoms with E-state index >= 15 is 0 Å². The van der Waals surface area contributed by atoms with Crippen molar-refractivity contribution in [1.29, 1.82) is 0 Å². The molecule has 0 saturated heterocycles. The maximum absolute atomic E-state index is 13.8. The highest BCUT2D eigenvalue weighted by Gasteiger charge is 2.20. The van der Waals surface area contributed by atoms with E-state index in [1.165, 1.54) is 12.4 Å². The Morgan fingerprint density at radius 1 is 1.07 bits per heavy atom. The molecule has 4 aromatic rings. The number of aliphatic hydroxyl groups excluding tert-OH is 1. The first-order chi connectivity index (χ1) is 19.3.